The quantitative estimate of drug-likeness (QED) is 0.594. The third kappa shape index (κ3) is 4.14. The minimum Gasteiger partial charge on any atom is -0.366 e. The zero-order chi connectivity index (χ0) is 24.6. The van der Waals surface area contributed by atoms with Crippen LogP contribution in [0.2, 0.25) is 0 Å². The van der Waals surface area contributed by atoms with Gasteiger partial charge < -0.3 is 11.1 Å². The fraction of sp³-hybridized carbons (Fsp3) is 0.333. The van der Waals surface area contributed by atoms with Crippen LogP contribution in [0.4, 0.5) is 10.5 Å². The molecule has 2 aliphatic rings. The Morgan fingerprint density at radius 3 is 2.31 bits per heavy atom. The van der Waals surface area contributed by atoms with Gasteiger partial charge in [0, 0.05) is 16.7 Å². The van der Waals surface area contributed by atoms with Crippen LogP contribution >= 0.6 is 0 Å². The minimum absolute atomic E-state index is 0.0329. The average Bonchev–Trinajstić information content (AvgIpc) is 3.20. The Hall–Kier alpha value is -3.78. The van der Waals surface area contributed by atoms with Gasteiger partial charge in [-0.15, -0.1) is 0 Å². The molecule has 8 heteroatoms. The first-order valence-electron chi connectivity index (χ1n) is 11.9. The van der Waals surface area contributed by atoms with Crippen molar-refractivity contribution in [1.82, 2.24) is 20.2 Å². The Bertz CT molecular complexity index is 1230. The Labute approximate surface area is 205 Å². The zero-order valence-corrected chi connectivity index (χ0v) is 20.1. The molecule has 3 amide bonds. The van der Waals surface area contributed by atoms with Gasteiger partial charge in [-0.2, -0.15) is 0 Å². The van der Waals surface area contributed by atoms with E-state index in [-0.39, 0.29) is 17.1 Å². The zero-order valence-electron chi connectivity index (χ0n) is 20.1. The van der Waals surface area contributed by atoms with E-state index in [2.05, 4.69) is 58.5 Å². The first-order chi connectivity index (χ1) is 16.8. The number of nitrogens with zero attached hydrogens (tertiary/aromatic N) is 4. The summed E-state index contributed by atoms with van der Waals surface area (Å²) in [5.74, 6) is -0.0250. The van der Waals surface area contributed by atoms with E-state index >= 15 is 0 Å². The van der Waals surface area contributed by atoms with Crippen LogP contribution in [0.5, 0.6) is 0 Å². The van der Waals surface area contributed by atoms with Crippen molar-refractivity contribution in [2.45, 2.75) is 36.8 Å². The van der Waals surface area contributed by atoms with Gasteiger partial charge in [0.05, 0.1) is 30.2 Å². The van der Waals surface area contributed by atoms with Crippen LogP contribution in [0.1, 0.15) is 41.6 Å². The normalized spacial score (nSPS) is 24.1. The van der Waals surface area contributed by atoms with Gasteiger partial charge in [-0.25, -0.2) is 14.8 Å². The molecule has 3 N–H and O–H groups in total. The Morgan fingerprint density at radius 2 is 1.69 bits per heavy atom. The summed E-state index contributed by atoms with van der Waals surface area (Å²) >= 11 is 0. The molecule has 2 fully saturated rings. The van der Waals surface area contributed by atoms with Crippen molar-refractivity contribution in [2.75, 3.05) is 25.5 Å². The molecular weight excluding hydrogens is 440 g/mol. The lowest BCUT2D eigenvalue weighted by Crippen LogP contribution is -2.54. The van der Waals surface area contributed by atoms with Crippen LogP contribution in [-0.2, 0) is 5.54 Å². The van der Waals surface area contributed by atoms with Crippen molar-refractivity contribution >= 4 is 17.6 Å². The SMILES string of the molecule is CN(C)C1(c2ccccc2)CCC2(CC1)CN(c1cnc(-c3cccc(C(N)=O)c3)nc1)C(=O)N2. The van der Waals surface area contributed by atoms with Gasteiger partial charge in [-0.1, -0.05) is 42.5 Å². The molecule has 0 atom stereocenters. The Balaban J connectivity index is 1.32. The predicted molar refractivity (Wildman–Crippen MR) is 135 cm³/mol. The summed E-state index contributed by atoms with van der Waals surface area (Å²) in [7, 11) is 4.28. The first-order valence-corrected chi connectivity index (χ1v) is 11.9. The molecule has 2 aromatic carbocycles. The number of carbonyl (C=O) groups is 2. The lowest BCUT2D eigenvalue weighted by Gasteiger charge is -2.48. The van der Waals surface area contributed by atoms with E-state index < -0.39 is 5.91 Å². The maximum Gasteiger partial charge on any atom is 0.322 e. The standard InChI is InChI=1S/C27H30N6O2/c1-32(2)27(21-9-4-3-5-10-21)13-11-26(12-14-27)18-33(25(35)31-26)22-16-29-24(30-17-22)20-8-6-7-19(15-20)23(28)34/h3-10,15-17H,11-14,18H2,1-2H3,(H2,28,34)(H,31,35). The van der Waals surface area contributed by atoms with E-state index in [4.69, 9.17) is 5.73 Å². The molecule has 2 heterocycles. The van der Waals surface area contributed by atoms with Crippen LogP contribution in [0.15, 0.2) is 67.0 Å². The molecule has 0 radical (unpaired) electrons. The highest BCUT2D eigenvalue weighted by molar-refractivity contribution is 5.95. The fourth-order valence-electron chi connectivity index (χ4n) is 5.51. The summed E-state index contributed by atoms with van der Waals surface area (Å²) in [5.41, 5.74) is 8.16. The predicted octanol–water partition coefficient (Wildman–Crippen LogP) is 3.54. The summed E-state index contributed by atoms with van der Waals surface area (Å²) in [5, 5.41) is 3.27. The number of rotatable bonds is 5. The molecule has 1 aliphatic carbocycles. The van der Waals surface area contributed by atoms with Crippen LogP contribution in [-0.4, -0.2) is 53.0 Å². The van der Waals surface area contributed by atoms with Gasteiger partial charge >= 0.3 is 6.03 Å². The average molecular weight is 471 g/mol. The van der Waals surface area contributed by atoms with Gasteiger partial charge in [0.2, 0.25) is 5.91 Å². The van der Waals surface area contributed by atoms with E-state index in [9.17, 15) is 9.59 Å². The molecule has 1 saturated heterocycles. The van der Waals surface area contributed by atoms with Gasteiger partial charge in [0.25, 0.3) is 0 Å². The van der Waals surface area contributed by atoms with Crippen LogP contribution in [0.3, 0.4) is 0 Å². The summed E-state index contributed by atoms with van der Waals surface area (Å²) in [6.45, 7) is 0.587. The van der Waals surface area contributed by atoms with Crippen LogP contribution in [0.25, 0.3) is 11.4 Å². The Morgan fingerprint density at radius 1 is 1.00 bits per heavy atom. The molecule has 1 spiro atoms. The highest BCUT2D eigenvalue weighted by atomic mass is 16.2. The van der Waals surface area contributed by atoms with E-state index in [1.807, 2.05) is 12.1 Å². The number of nitrogens with one attached hydrogen (secondary N) is 1. The first kappa shape index (κ1) is 23.0. The highest BCUT2D eigenvalue weighted by Crippen LogP contribution is 2.46. The second-order valence-electron chi connectivity index (χ2n) is 9.80. The molecule has 1 aliphatic heterocycles. The van der Waals surface area contributed by atoms with E-state index in [0.29, 0.717) is 29.2 Å². The number of aromatic nitrogens is 2. The second-order valence-corrected chi connectivity index (χ2v) is 9.80. The molecule has 3 aromatic rings. The van der Waals surface area contributed by atoms with Gasteiger partial charge in [-0.3, -0.25) is 14.6 Å². The third-order valence-corrected chi connectivity index (χ3v) is 7.63. The van der Waals surface area contributed by atoms with Crippen LogP contribution in [0, 0.1) is 0 Å². The minimum atomic E-state index is -0.500. The van der Waals surface area contributed by atoms with E-state index in [0.717, 1.165) is 25.7 Å². The number of urea groups is 1. The maximum absolute atomic E-state index is 13.0. The number of benzene rings is 2. The molecule has 0 bridgehead atoms. The van der Waals surface area contributed by atoms with Crippen molar-refractivity contribution in [3.63, 3.8) is 0 Å². The number of anilines is 1. The van der Waals surface area contributed by atoms with Crippen molar-refractivity contribution < 1.29 is 9.59 Å². The maximum atomic E-state index is 13.0. The molecule has 180 valence electrons. The topological polar surface area (TPSA) is 104 Å². The number of amides is 3. The smallest absolute Gasteiger partial charge is 0.322 e. The largest absolute Gasteiger partial charge is 0.366 e. The number of hydrogen-bond acceptors (Lipinski definition) is 5. The van der Waals surface area contributed by atoms with E-state index in [1.54, 1.807) is 35.5 Å². The number of primary amides is 1. The lowest BCUT2D eigenvalue weighted by molar-refractivity contribution is 0.0658. The Kier molecular flexibility index (Phi) is 5.76. The summed E-state index contributed by atoms with van der Waals surface area (Å²) in [4.78, 5) is 37.4. The van der Waals surface area contributed by atoms with E-state index in [1.165, 1.54) is 5.56 Å². The fourth-order valence-corrected chi connectivity index (χ4v) is 5.51. The molecule has 1 aromatic heterocycles. The van der Waals surface area contributed by atoms with Crippen molar-refractivity contribution in [1.29, 1.82) is 0 Å². The van der Waals surface area contributed by atoms with Gasteiger partial charge in [-0.05, 0) is 57.5 Å². The number of carbonyl (C=O) groups excluding carboxylic acids is 2. The monoisotopic (exact) mass is 470 g/mol. The summed E-state index contributed by atoms with van der Waals surface area (Å²) in [6, 6.07) is 17.4. The van der Waals surface area contributed by atoms with Crippen molar-refractivity contribution in [3.8, 4) is 11.4 Å². The summed E-state index contributed by atoms with van der Waals surface area (Å²) in [6.07, 6.45) is 7.03. The molecule has 0 unspecified atom stereocenters. The molecule has 1 saturated carbocycles. The molecule has 35 heavy (non-hydrogen) atoms. The summed E-state index contributed by atoms with van der Waals surface area (Å²) < 4.78 is 0. The number of hydrogen-bond donors (Lipinski definition) is 2. The molecule has 8 nitrogen and oxygen atoms in total. The van der Waals surface area contributed by atoms with Crippen LogP contribution < -0.4 is 16.0 Å². The van der Waals surface area contributed by atoms with Gasteiger partial charge in [0.1, 0.15) is 0 Å². The van der Waals surface area contributed by atoms with Crippen molar-refractivity contribution in [3.05, 3.63) is 78.1 Å². The number of nitrogens with two attached hydrogens (primary N) is 1. The highest BCUT2D eigenvalue weighted by Gasteiger charge is 2.50. The molecule has 5 rings (SSSR count). The lowest BCUT2D eigenvalue weighted by atomic mass is 9.69. The third-order valence-electron chi connectivity index (χ3n) is 7.63. The van der Waals surface area contributed by atoms with Gasteiger partial charge in [0.15, 0.2) is 5.82 Å². The molecular formula is C27H30N6O2. The second kappa shape index (κ2) is 8.78. The van der Waals surface area contributed by atoms with Crippen molar-refractivity contribution in [2.24, 2.45) is 5.73 Å².